The van der Waals surface area contributed by atoms with Crippen LogP contribution in [0.1, 0.15) is 13.0 Å². The Balaban J connectivity index is 1.96. The second-order valence-corrected chi connectivity index (χ2v) is 5.87. The smallest absolute Gasteiger partial charge is 0.277 e. The predicted molar refractivity (Wildman–Crippen MR) is 66.0 cm³/mol. The number of rotatable bonds is 3. The summed E-state index contributed by atoms with van der Waals surface area (Å²) in [5.74, 6) is -0.112. The molecule has 0 spiro atoms. The number of aromatic nitrogens is 3. The topological polar surface area (TPSA) is 114 Å². The van der Waals surface area contributed by atoms with Gasteiger partial charge >= 0.3 is 0 Å². The van der Waals surface area contributed by atoms with E-state index in [2.05, 4.69) is 10.1 Å². The molecule has 0 radical (unpaired) electrons. The average molecular weight is 288 g/mol. The highest BCUT2D eigenvalue weighted by Gasteiger charge is 2.29. The molecule has 0 bridgehead atoms. The summed E-state index contributed by atoms with van der Waals surface area (Å²) in [5.41, 5.74) is 0. The van der Waals surface area contributed by atoms with Crippen LogP contribution in [0.2, 0.25) is 0 Å². The molecule has 19 heavy (non-hydrogen) atoms. The lowest BCUT2D eigenvalue weighted by Gasteiger charge is -2.34. The van der Waals surface area contributed by atoms with Crippen LogP contribution in [0.25, 0.3) is 0 Å². The molecule has 2 N–H and O–H groups in total. The molecule has 1 saturated heterocycles. The zero-order valence-corrected chi connectivity index (χ0v) is 11.3. The van der Waals surface area contributed by atoms with Crippen LogP contribution in [-0.2, 0) is 15.0 Å². The molecule has 1 unspecified atom stereocenters. The van der Waals surface area contributed by atoms with Gasteiger partial charge in [-0.15, -0.1) is 0 Å². The minimum Gasteiger partial charge on any atom is -0.338 e. The molecule has 0 aromatic carbocycles. The van der Waals surface area contributed by atoms with Crippen molar-refractivity contribution in [2.45, 2.75) is 13.0 Å². The molecule has 0 saturated carbocycles. The van der Waals surface area contributed by atoms with E-state index in [-0.39, 0.29) is 19.0 Å². The molecule has 1 amide bonds. The first-order chi connectivity index (χ1) is 8.89. The van der Waals surface area contributed by atoms with Gasteiger partial charge in [0, 0.05) is 26.2 Å². The first-order valence-corrected chi connectivity index (χ1v) is 7.30. The SMILES string of the molecule is CC(C(=O)N1CCN(S(N)(=O)=O)CC1)n1cncn1. The summed E-state index contributed by atoms with van der Waals surface area (Å²) in [4.78, 5) is 17.6. The van der Waals surface area contributed by atoms with Crippen LogP contribution >= 0.6 is 0 Å². The van der Waals surface area contributed by atoms with Gasteiger partial charge in [0.1, 0.15) is 18.7 Å². The second kappa shape index (κ2) is 5.23. The molecule has 1 aliphatic heterocycles. The molecule has 0 aliphatic carbocycles. The number of nitrogens with zero attached hydrogens (tertiary/aromatic N) is 5. The third kappa shape index (κ3) is 3.08. The summed E-state index contributed by atoms with van der Waals surface area (Å²) >= 11 is 0. The third-order valence-corrected chi connectivity index (χ3v) is 4.19. The summed E-state index contributed by atoms with van der Waals surface area (Å²) in [6, 6.07) is -0.455. The van der Waals surface area contributed by atoms with Gasteiger partial charge < -0.3 is 4.90 Å². The lowest BCUT2D eigenvalue weighted by molar-refractivity contribution is -0.135. The van der Waals surface area contributed by atoms with Crippen molar-refractivity contribution in [3.8, 4) is 0 Å². The largest absolute Gasteiger partial charge is 0.338 e. The van der Waals surface area contributed by atoms with Crippen molar-refractivity contribution < 1.29 is 13.2 Å². The van der Waals surface area contributed by atoms with E-state index in [1.807, 2.05) is 0 Å². The summed E-state index contributed by atoms with van der Waals surface area (Å²) in [7, 11) is -3.67. The monoisotopic (exact) mass is 288 g/mol. The fourth-order valence-electron chi connectivity index (χ4n) is 1.96. The number of hydrogen-bond acceptors (Lipinski definition) is 5. The van der Waals surface area contributed by atoms with Gasteiger partial charge in [0.05, 0.1) is 0 Å². The molecule has 9 nitrogen and oxygen atoms in total. The van der Waals surface area contributed by atoms with Crippen LogP contribution in [-0.4, -0.2) is 64.5 Å². The molecule has 2 heterocycles. The molecule has 1 atom stereocenters. The fourth-order valence-corrected chi connectivity index (χ4v) is 2.63. The van der Waals surface area contributed by atoms with Gasteiger partial charge in [-0.25, -0.2) is 14.8 Å². The number of nitrogens with two attached hydrogens (primary N) is 1. The van der Waals surface area contributed by atoms with Gasteiger partial charge in [-0.2, -0.15) is 17.8 Å². The van der Waals surface area contributed by atoms with Gasteiger partial charge in [0.25, 0.3) is 10.2 Å². The number of hydrogen-bond donors (Lipinski definition) is 1. The Morgan fingerprint density at radius 1 is 1.32 bits per heavy atom. The van der Waals surface area contributed by atoms with E-state index in [0.29, 0.717) is 13.1 Å². The van der Waals surface area contributed by atoms with Crippen molar-refractivity contribution in [1.29, 1.82) is 0 Å². The Bertz CT molecular complexity index is 534. The fraction of sp³-hybridized carbons (Fsp3) is 0.667. The predicted octanol–water partition coefficient (Wildman–Crippen LogP) is -1.81. The molecule has 10 heteroatoms. The maximum Gasteiger partial charge on any atom is 0.277 e. The van der Waals surface area contributed by atoms with Crippen molar-refractivity contribution >= 4 is 16.1 Å². The molecule has 2 rings (SSSR count). The van der Waals surface area contributed by atoms with E-state index < -0.39 is 16.3 Å². The normalized spacial score (nSPS) is 19.4. The Morgan fingerprint density at radius 2 is 1.95 bits per heavy atom. The lowest BCUT2D eigenvalue weighted by Crippen LogP contribution is -2.53. The molecule has 106 valence electrons. The van der Waals surface area contributed by atoms with Crippen molar-refractivity contribution in [1.82, 2.24) is 24.0 Å². The summed E-state index contributed by atoms with van der Waals surface area (Å²) in [6.07, 6.45) is 2.84. The maximum atomic E-state index is 12.2. The highest BCUT2D eigenvalue weighted by Crippen LogP contribution is 2.11. The maximum absolute atomic E-state index is 12.2. The van der Waals surface area contributed by atoms with E-state index in [4.69, 9.17) is 5.14 Å². The minimum atomic E-state index is -3.67. The molecular formula is C9H16N6O3S. The van der Waals surface area contributed by atoms with Crippen molar-refractivity contribution in [3.63, 3.8) is 0 Å². The zero-order chi connectivity index (χ0) is 14.0. The van der Waals surface area contributed by atoms with E-state index in [1.165, 1.54) is 17.3 Å². The first kappa shape index (κ1) is 13.9. The van der Waals surface area contributed by atoms with Crippen LogP contribution in [0.3, 0.4) is 0 Å². The van der Waals surface area contributed by atoms with Crippen molar-refractivity contribution in [2.24, 2.45) is 5.14 Å². The van der Waals surface area contributed by atoms with E-state index >= 15 is 0 Å². The average Bonchev–Trinajstić information content (AvgIpc) is 2.90. The number of piperazine rings is 1. The van der Waals surface area contributed by atoms with Crippen LogP contribution in [0.4, 0.5) is 0 Å². The Labute approximate surface area is 111 Å². The van der Waals surface area contributed by atoms with Crippen LogP contribution < -0.4 is 5.14 Å². The third-order valence-electron chi connectivity index (χ3n) is 3.10. The van der Waals surface area contributed by atoms with E-state index in [0.717, 1.165) is 4.31 Å². The van der Waals surface area contributed by atoms with Crippen molar-refractivity contribution in [3.05, 3.63) is 12.7 Å². The van der Waals surface area contributed by atoms with E-state index in [1.54, 1.807) is 11.8 Å². The van der Waals surface area contributed by atoms with E-state index in [9.17, 15) is 13.2 Å². The quantitative estimate of drug-likeness (QED) is 0.704. The lowest BCUT2D eigenvalue weighted by atomic mass is 10.2. The number of carbonyl (C=O) groups is 1. The van der Waals surface area contributed by atoms with Gasteiger partial charge in [-0.3, -0.25) is 4.79 Å². The molecule has 1 fully saturated rings. The highest BCUT2D eigenvalue weighted by molar-refractivity contribution is 7.86. The Kier molecular flexibility index (Phi) is 3.83. The zero-order valence-electron chi connectivity index (χ0n) is 10.5. The van der Waals surface area contributed by atoms with Gasteiger partial charge in [0.2, 0.25) is 5.91 Å². The van der Waals surface area contributed by atoms with Crippen molar-refractivity contribution in [2.75, 3.05) is 26.2 Å². The van der Waals surface area contributed by atoms with Crippen LogP contribution in [0.5, 0.6) is 0 Å². The van der Waals surface area contributed by atoms with Crippen LogP contribution in [0, 0.1) is 0 Å². The summed E-state index contributed by atoms with van der Waals surface area (Å²) in [6.45, 7) is 2.81. The Morgan fingerprint density at radius 3 is 2.42 bits per heavy atom. The first-order valence-electron chi connectivity index (χ1n) is 5.80. The standard InChI is InChI=1S/C9H16N6O3S/c1-8(15-7-11-6-12-15)9(16)13-2-4-14(5-3-13)19(10,17)18/h6-8H,2-5H2,1H3,(H2,10,17,18). The second-order valence-electron chi connectivity index (χ2n) is 4.32. The number of carbonyl (C=O) groups excluding carboxylic acids is 1. The van der Waals surface area contributed by atoms with Gasteiger partial charge in [-0.1, -0.05) is 0 Å². The minimum absolute atomic E-state index is 0.112. The molecule has 1 aromatic heterocycles. The highest BCUT2D eigenvalue weighted by atomic mass is 32.2. The van der Waals surface area contributed by atoms with Gasteiger partial charge in [-0.05, 0) is 6.92 Å². The summed E-state index contributed by atoms with van der Waals surface area (Å²) < 4.78 is 25.0. The summed E-state index contributed by atoms with van der Waals surface area (Å²) in [5, 5.41) is 8.96. The Hall–Kier alpha value is -1.52. The molecule has 1 aliphatic rings. The van der Waals surface area contributed by atoms with Gasteiger partial charge in [0.15, 0.2) is 0 Å². The van der Waals surface area contributed by atoms with Crippen LogP contribution in [0.15, 0.2) is 12.7 Å². The number of amides is 1. The molecular weight excluding hydrogens is 272 g/mol. The molecule has 1 aromatic rings.